The van der Waals surface area contributed by atoms with Gasteiger partial charge in [-0.3, -0.25) is 4.68 Å². The van der Waals surface area contributed by atoms with Gasteiger partial charge in [0.2, 0.25) is 0 Å². The molecule has 3 aromatic rings. The Morgan fingerprint density at radius 3 is 2.82 bits per heavy atom. The highest BCUT2D eigenvalue weighted by Crippen LogP contribution is 2.37. The standard InChI is InChI=1S/C19H21ClN4O2S2/c1-11-9-12(2)24(23-11)8-4-7-21-19(27)22-13-5-6-14-15(10-13)28-17(16(14)20)18(25)26-3/h5-6,9-10H,4,7-8H2,1-3H3,(H2,21,22,27). The first-order valence-electron chi connectivity index (χ1n) is 8.75. The van der Waals surface area contributed by atoms with Gasteiger partial charge in [0, 0.05) is 34.6 Å². The van der Waals surface area contributed by atoms with Crippen LogP contribution >= 0.6 is 35.2 Å². The maximum Gasteiger partial charge on any atom is 0.349 e. The lowest BCUT2D eigenvalue weighted by Gasteiger charge is -2.11. The van der Waals surface area contributed by atoms with E-state index >= 15 is 0 Å². The number of benzene rings is 1. The molecule has 148 valence electrons. The van der Waals surface area contributed by atoms with E-state index in [4.69, 9.17) is 28.6 Å². The zero-order valence-corrected chi connectivity index (χ0v) is 18.2. The number of carbonyl (C=O) groups excluding carboxylic acids is 1. The van der Waals surface area contributed by atoms with Crippen molar-refractivity contribution < 1.29 is 9.53 Å². The van der Waals surface area contributed by atoms with Crippen molar-refractivity contribution in [2.75, 3.05) is 19.0 Å². The summed E-state index contributed by atoms with van der Waals surface area (Å²) in [6.07, 6.45) is 0.909. The van der Waals surface area contributed by atoms with Gasteiger partial charge in [0.05, 0.1) is 17.8 Å². The van der Waals surface area contributed by atoms with E-state index in [1.54, 1.807) is 0 Å². The number of halogens is 1. The maximum absolute atomic E-state index is 11.8. The van der Waals surface area contributed by atoms with E-state index in [1.165, 1.54) is 18.4 Å². The van der Waals surface area contributed by atoms with Crippen molar-refractivity contribution >= 4 is 62.0 Å². The van der Waals surface area contributed by atoms with E-state index in [0.717, 1.165) is 46.7 Å². The number of hydrogen-bond acceptors (Lipinski definition) is 5. The second-order valence-corrected chi connectivity index (χ2v) is 8.17. The summed E-state index contributed by atoms with van der Waals surface area (Å²) in [6.45, 7) is 5.62. The summed E-state index contributed by atoms with van der Waals surface area (Å²) >= 11 is 12.9. The zero-order chi connectivity index (χ0) is 20.3. The molecule has 1 aromatic carbocycles. The van der Waals surface area contributed by atoms with Gasteiger partial charge in [0.25, 0.3) is 0 Å². The fraction of sp³-hybridized carbons (Fsp3) is 0.316. The largest absolute Gasteiger partial charge is 0.465 e. The Morgan fingerprint density at radius 2 is 2.14 bits per heavy atom. The molecule has 3 rings (SSSR count). The van der Waals surface area contributed by atoms with Crippen LogP contribution in [0.15, 0.2) is 24.3 Å². The van der Waals surface area contributed by atoms with Crippen LogP contribution in [0.2, 0.25) is 5.02 Å². The highest BCUT2D eigenvalue weighted by atomic mass is 35.5. The Labute approximate surface area is 177 Å². The van der Waals surface area contributed by atoms with Crippen molar-refractivity contribution in [3.05, 3.63) is 45.6 Å². The molecular formula is C19H21ClN4O2S2. The first-order valence-corrected chi connectivity index (χ1v) is 10.4. The van der Waals surface area contributed by atoms with Gasteiger partial charge in [0.15, 0.2) is 5.11 Å². The number of carbonyl (C=O) groups is 1. The summed E-state index contributed by atoms with van der Waals surface area (Å²) in [5.41, 5.74) is 3.02. The van der Waals surface area contributed by atoms with Crippen LogP contribution in [-0.2, 0) is 11.3 Å². The van der Waals surface area contributed by atoms with Gasteiger partial charge in [-0.2, -0.15) is 5.10 Å². The van der Waals surface area contributed by atoms with E-state index in [-0.39, 0.29) is 0 Å². The molecule has 6 nitrogen and oxygen atoms in total. The molecule has 0 spiro atoms. The number of thiocarbonyl (C=S) groups is 1. The van der Waals surface area contributed by atoms with Crippen LogP contribution in [0.25, 0.3) is 10.1 Å². The summed E-state index contributed by atoms with van der Waals surface area (Å²) < 4.78 is 7.66. The molecule has 2 aromatic heterocycles. The minimum atomic E-state index is -0.430. The highest BCUT2D eigenvalue weighted by Gasteiger charge is 2.17. The van der Waals surface area contributed by atoms with Crippen molar-refractivity contribution in [3.8, 4) is 0 Å². The lowest BCUT2D eigenvalue weighted by molar-refractivity contribution is 0.0606. The third kappa shape index (κ3) is 4.63. The number of anilines is 1. The molecule has 0 saturated carbocycles. The molecule has 9 heteroatoms. The Hall–Kier alpha value is -2.16. The molecule has 0 atom stereocenters. The molecule has 0 fully saturated rings. The predicted octanol–water partition coefficient (Wildman–Crippen LogP) is 4.53. The fourth-order valence-corrected chi connectivity index (χ4v) is 4.56. The van der Waals surface area contributed by atoms with Crippen LogP contribution in [0, 0.1) is 13.8 Å². The lowest BCUT2D eigenvalue weighted by atomic mass is 10.2. The number of aromatic nitrogens is 2. The number of rotatable bonds is 6. The number of hydrogen-bond donors (Lipinski definition) is 2. The van der Waals surface area contributed by atoms with Crippen molar-refractivity contribution in [1.29, 1.82) is 0 Å². The minimum Gasteiger partial charge on any atom is -0.465 e. The van der Waals surface area contributed by atoms with Gasteiger partial charge < -0.3 is 15.4 Å². The fourth-order valence-electron chi connectivity index (χ4n) is 2.87. The normalized spacial score (nSPS) is 10.9. The Kier molecular flexibility index (Phi) is 6.53. The van der Waals surface area contributed by atoms with Crippen molar-refractivity contribution in [3.63, 3.8) is 0 Å². The molecule has 0 bridgehead atoms. The third-order valence-corrected chi connectivity index (χ3v) is 6.08. The monoisotopic (exact) mass is 436 g/mol. The van der Waals surface area contributed by atoms with Crippen molar-refractivity contribution in [2.45, 2.75) is 26.8 Å². The van der Waals surface area contributed by atoms with Crippen LogP contribution in [0.1, 0.15) is 27.5 Å². The van der Waals surface area contributed by atoms with Crippen molar-refractivity contribution in [1.82, 2.24) is 15.1 Å². The number of thiophene rings is 1. The summed E-state index contributed by atoms with van der Waals surface area (Å²) in [7, 11) is 1.34. The molecule has 28 heavy (non-hydrogen) atoms. The van der Waals surface area contributed by atoms with Gasteiger partial charge in [0.1, 0.15) is 4.88 Å². The van der Waals surface area contributed by atoms with Gasteiger partial charge in [-0.05, 0) is 56.8 Å². The van der Waals surface area contributed by atoms with Gasteiger partial charge in [-0.15, -0.1) is 11.3 Å². The van der Waals surface area contributed by atoms with Gasteiger partial charge in [-0.25, -0.2) is 4.79 Å². The molecule has 0 aliphatic heterocycles. The Morgan fingerprint density at radius 1 is 1.36 bits per heavy atom. The van der Waals surface area contributed by atoms with Crippen LogP contribution in [0.4, 0.5) is 5.69 Å². The van der Waals surface area contributed by atoms with Gasteiger partial charge >= 0.3 is 5.97 Å². The highest BCUT2D eigenvalue weighted by molar-refractivity contribution is 7.80. The second-order valence-electron chi connectivity index (χ2n) is 6.33. The number of nitrogens with zero attached hydrogens (tertiary/aromatic N) is 2. The van der Waals surface area contributed by atoms with Gasteiger partial charge in [-0.1, -0.05) is 11.6 Å². The minimum absolute atomic E-state index is 0.404. The van der Waals surface area contributed by atoms with E-state index in [2.05, 4.69) is 28.7 Å². The zero-order valence-electron chi connectivity index (χ0n) is 15.8. The Balaban J connectivity index is 1.55. The maximum atomic E-state index is 11.8. The quantitative estimate of drug-likeness (QED) is 0.336. The second kappa shape index (κ2) is 8.89. The number of fused-ring (bicyclic) bond motifs is 1. The molecule has 0 amide bonds. The number of methoxy groups -OCH3 is 1. The van der Waals surface area contributed by atoms with E-state index < -0.39 is 5.97 Å². The summed E-state index contributed by atoms with van der Waals surface area (Å²) in [6, 6.07) is 7.74. The molecule has 0 saturated heterocycles. The Bertz CT molecular complexity index is 1030. The molecule has 0 aliphatic rings. The average Bonchev–Trinajstić information content (AvgIpc) is 3.16. The molecule has 2 N–H and O–H groups in total. The first-order chi connectivity index (χ1) is 13.4. The smallest absolute Gasteiger partial charge is 0.349 e. The number of aryl methyl sites for hydroxylation is 3. The molecular weight excluding hydrogens is 416 g/mol. The summed E-state index contributed by atoms with van der Waals surface area (Å²) in [4.78, 5) is 12.2. The molecule has 0 unspecified atom stereocenters. The van der Waals surface area contributed by atoms with E-state index in [0.29, 0.717) is 15.0 Å². The molecule has 2 heterocycles. The third-order valence-electron chi connectivity index (χ3n) is 4.19. The number of esters is 1. The van der Waals surface area contributed by atoms with E-state index in [1.807, 2.05) is 29.8 Å². The predicted molar refractivity (Wildman–Crippen MR) is 119 cm³/mol. The molecule has 0 aliphatic carbocycles. The van der Waals surface area contributed by atoms with Crippen LogP contribution < -0.4 is 10.6 Å². The van der Waals surface area contributed by atoms with Crippen LogP contribution in [-0.4, -0.2) is 34.5 Å². The SMILES string of the molecule is COC(=O)c1sc2cc(NC(=S)NCCCn3nc(C)cc3C)ccc2c1Cl. The van der Waals surface area contributed by atoms with Crippen LogP contribution in [0.5, 0.6) is 0 Å². The number of ether oxygens (including phenoxy) is 1. The number of nitrogens with one attached hydrogen (secondary N) is 2. The van der Waals surface area contributed by atoms with Crippen LogP contribution in [0.3, 0.4) is 0 Å². The summed E-state index contributed by atoms with van der Waals surface area (Å²) in [5, 5.41) is 12.6. The lowest BCUT2D eigenvalue weighted by Crippen LogP contribution is -2.29. The summed E-state index contributed by atoms with van der Waals surface area (Å²) in [5.74, 6) is -0.430. The topological polar surface area (TPSA) is 68.2 Å². The average molecular weight is 437 g/mol. The van der Waals surface area contributed by atoms with E-state index in [9.17, 15) is 4.79 Å². The first kappa shape index (κ1) is 20.6. The van der Waals surface area contributed by atoms with Crippen molar-refractivity contribution in [2.24, 2.45) is 0 Å². The molecule has 0 radical (unpaired) electrons.